The van der Waals surface area contributed by atoms with Gasteiger partial charge in [-0.15, -0.1) is 0 Å². The van der Waals surface area contributed by atoms with Crippen LogP contribution in [0.3, 0.4) is 0 Å². The second-order valence-electron chi connectivity index (χ2n) is 7.39. The number of aromatic nitrogens is 1. The summed E-state index contributed by atoms with van der Waals surface area (Å²) in [5, 5.41) is 4.17. The number of nitrogens with one attached hydrogen (secondary N) is 1. The van der Waals surface area contributed by atoms with E-state index in [2.05, 4.69) is 51.1 Å². The summed E-state index contributed by atoms with van der Waals surface area (Å²) in [6.45, 7) is 8.29. The smallest absolute Gasteiger partial charge is 0.194 e. The van der Waals surface area contributed by atoms with Crippen molar-refractivity contribution in [1.29, 1.82) is 0 Å². The van der Waals surface area contributed by atoms with Crippen molar-refractivity contribution in [2.24, 2.45) is 4.99 Å². The highest BCUT2D eigenvalue weighted by Crippen LogP contribution is 2.20. The molecule has 1 saturated heterocycles. The first kappa shape index (κ1) is 21.4. The van der Waals surface area contributed by atoms with Crippen molar-refractivity contribution in [2.45, 2.75) is 20.0 Å². The summed E-state index contributed by atoms with van der Waals surface area (Å²) in [6.07, 6.45) is 1.87. The zero-order valence-electron chi connectivity index (χ0n) is 17.6. The minimum atomic E-state index is 0.588. The Morgan fingerprint density at radius 3 is 2.59 bits per heavy atom. The van der Waals surface area contributed by atoms with Gasteiger partial charge in [-0.2, -0.15) is 0 Å². The number of hydrogen-bond acceptors (Lipinski definition) is 4. The third-order valence-corrected chi connectivity index (χ3v) is 5.50. The first-order valence-electron chi connectivity index (χ1n) is 10.2. The Hall–Kier alpha value is -2.31. The lowest BCUT2D eigenvalue weighted by molar-refractivity contribution is 0.312. The van der Waals surface area contributed by atoms with Gasteiger partial charge >= 0.3 is 0 Å². The van der Waals surface area contributed by atoms with Crippen LogP contribution in [0.2, 0.25) is 5.02 Å². The Labute approximate surface area is 179 Å². The molecule has 2 heterocycles. The molecule has 6 nitrogen and oxygen atoms in total. The fraction of sp³-hybridized carbons (Fsp3) is 0.455. The van der Waals surface area contributed by atoms with Gasteiger partial charge in [-0.25, -0.2) is 9.98 Å². The summed E-state index contributed by atoms with van der Waals surface area (Å²) >= 11 is 6.34. The standard InChI is InChI=1S/C22H31ClN6/c1-4-24-22(28(3)17-19-8-5-6-10-20(19)23)26-16-18-9-7-11-25-21(18)29-14-12-27(2)13-15-29/h5-11H,4,12-17H2,1-3H3,(H,24,26). The van der Waals surface area contributed by atoms with Gasteiger partial charge in [0.25, 0.3) is 0 Å². The highest BCUT2D eigenvalue weighted by molar-refractivity contribution is 6.31. The van der Waals surface area contributed by atoms with E-state index in [1.807, 2.05) is 37.5 Å². The van der Waals surface area contributed by atoms with Crippen LogP contribution in [0.5, 0.6) is 0 Å². The van der Waals surface area contributed by atoms with Crippen molar-refractivity contribution < 1.29 is 0 Å². The number of nitrogens with zero attached hydrogens (tertiary/aromatic N) is 5. The SMILES string of the molecule is CCNC(=NCc1cccnc1N1CCN(C)CC1)N(C)Cc1ccccc1Cl. The third-order valence-electron chi connectivity index (χ3n) is 5.13. The molecule has 1 fully saturated rings. The largest absolute Gasteiger partial charge is 0.357 e. The normalized spacial score (nSPS) is 15.4. The molecule has 1 aromatic carbocycles. The molecule has 3 rings (SSSR count). The maximum Gasteiger partial charge on any atom is 0.194 e. The van der Waals surface area contributed by atoms with Gasteiger partial charge in [0.05, 0.1) is 6.54 Å². The van der Waals surface area contributed by atoms with E-state index in [4.69, 9.17) is 16.6 Å². The molecule has 2 aromatic rings. The van der Waals surface area contributed by atoms with E-state index in [1.165, 1.54) is 0 Å². The molecule has 0 radical (unpaired) electrons. The van der Waals surface area contributed by atoms with Crippen molar-refractivity contribution in [2.75, 3.05) is 51.7 Å². The quantitative estimate of drug-likeness (QED) is 0.581. The Morgan fingerprint density at radius 1 is 1.14 bits per heavy atom. The van der Waals surface area contributed by atoms with Crippen LogP contribution in [-0.2, 0) is 13.1 Å². The molecular weight excluding hydrogens is 384 g/mol. The number of guanidine groups is 1. The number of aliphatic imine (C=N–C) groups is 1. The summed E-state index contributed by atoms with van der Waals surface area (Å²) in [4.78, 5) is 16.4. The third kappa shape index (κ3) is 5.84. The summed E-state index contributed by atoms with van der Waals surface area (Å²) in [5.74, 6) is 1.91. The zero-order valence-corrected chi connectivity index (χ0v) is 18.4. The first-order chi connectivity index (χ1) is 14.1. The van der Waals surface area contributed by atoms with Crippen LogP contribution >= 0.6 is 11.6 Å². The van der Waals surface area contributed by atoms with E-state index < -0.39 is 0 Å². The molecule has 0 unspecified atom stereocenters. The summed E-state index contributed by atoms with van der Waals surface area (Å²) in [7, 11) is 4.20. The van der Waals surface area contributed by atoms with E-state index in [0.29, 0.717) is 13.1 Å². The predicted molar refractivity (Wildman–Crippen MR) is 122 cm³/mol. The minimum Gasteiger partial charge on any atom is -0.357 e. The van der Waals surface area contributed by atoms with Gasteiger partial charge in [0.1, 0.15) is 5.82 Å². The Bertz CT molecular complexity index is 816. The lowest BCUT2D eigenvalue weighted by atomic mass is 10.2. The molecule has 0 amide bonds. The molecule has 0 bridgehead atoms. The van der Waals surface area contributed by atoms with E-state index in [-0.39, 0.29) is 0 Å². The van der Waals surface area contributed by atoms with Crippen LogP contribution in [0.1, 0.15) is 18.1 Å². The molecule has 1 aliphatic rings. The highest BCUT2D eigenvalue weighted by Gasteiger charge is 2.18. The molecule has 0 aliphatic carbocycles. The lowest BCUT2D eigenvalue weighted by Crippen LogP contribution is -2.45. The van der Waals surface area contributed by atoms with Crippen molar-refractivity contribution in [1.82, 2.24) is 20.1 Å². The van der Waals surface area contributed by atoms with Crippen molar-refractivity contribution in [3.8, 4) is 0 Å². The highest BCUT2D eigenvalue weighted by atomic mass is 35.5. The number of hydrogen-bond donors (Lipinski definition) is 1. The molecule has 1 aliphatic heterocycles. The number of pyridine rings is 1. The molecule has 156 valence electrons. The molecule has 0 saturated carbocycles. The van der Waals surface area contributed by atoms with E-state index >= 15 is 0 Å². The predicted octanol–water partition coefficient (Wildman–Crippen LogP) is 3.08. The topological polar surface area (TPSA) is 47.0 Å². The lowest BCUT2D eigenvalue weighted by Gasteiger charge is -2.34. The maximum absolute atomic E-state index is 6.34. The number of benzene rings is 1. The molecule has 0 atom stereocenters. The van der Waals surface area contributed by atoms with Crippen molar-refractivity contribution in [3.05, 3.63) is 58.7 Å². The number of piperazine rings is 1. The van der Waals surface area contributed by atoms with Crippen LogP contribution < -0.4 is 10.2 Å². The van der Waals surface area contributed by atoms with Crippen LogP contribution in [-0.4, -0.2) is 67.6 Å². The molecular formula is C22H31ClN6. The van der Waals surface area contributed by atoms with Crippen LogP contribution in [0.4, 0.5) is 5.82 Å². The van der Waals surface area contributed by atoms with Crippen LogP contribution in [0, 0.1) is 0 Å². The fourth-order valence-electron chi connectivity index (χ4n) is 3.44. The summed E-state index contributed by atoms with van der Waals surface area (Å²) in [6, 6.07) is 12.1. The fourth-order valence-corrected chi connectivity index (χ4v) is 3.64. The Kier molecular flexibility index (Phi) is 7.72. The van der Waals surface area contributed by atoms with Gasteiger partial charge in [0, 0.05) is 63.1 Å². The van der Waals surface area contributed by atoms with Gasteiger partial charge in [-0.3, -0.25) is 0 Å². The van der Waals surface area contributed by atoms with Crippen LogP contribution in [0.25, 0.3) is 0 Å². The van der Waals surface area contributed by atoms with Crippen molar-refractivity contribution >= 4 is 23.4 Å². The summed E-state index contributed by atoms with van der Waals surface area (Å²) in [5.41, 5.74) is 2.24. The average Bonchev–Trinajstić information content (AvgIpc) is 2.73. The Balaban J connectivity index is 1.74. The number of anilines is 1. The molecule has 0 spiro atoms. The van der Waals surface area contributed by atoms with E-state index in [0.717, 1.165) is 60.7 Å². The second-order valence-corrected chi connectivity index (χ2v) is 7.80. The number of likely N-dealkylation sites (N-methyl/N-ethyl adjacent to an activating group) is 1. The van der Waals surface area contributed by atoms with Crippen LogP contribution in [0.15, 0.2) is 47.6 Å². The van der Waals surface area contributed by atoms with E-state index in [1.54, 1.807) is 0 Å². The molecule has 7 heteroatoms. The Morgan fingerprint density at radius 2 is 1.86 bits per heavy atom. The van der Waals surface area contributed by atoms with Gasteiger partial charge in [0.15, 0.2) is 5.96 Å². The number of halogens is 1. The molecule has 1 N–H and O–H groups in total. The van der Waals surface area contributed by atoms with Gasteiger partial charge in [-0.1, -0.05) is 35.9 Å². The first-order valence-corrected chi connectivity index (χ1v) is 10.6. The molecule has 1 aromatic heterocycles. The monoisotopic (exact) mass is 414 g/mol. The zero-order chi connectivity index (χ0) is 20.6. The second kappa shape index (κ2) is 10.5. The van der Waals surface area contributed by atoms with Gasteiger partial charge in [-0.05, 0) is 31.7 Å². The van der Waals surface area contributed by atoms with Gasteiger partial charge < -0.3 is 20.0 Å². The minimum absolute atomic E-state index is 0.588. The maximum atomic E-state index is 6.34. The van der Waals surface area contributed by atoms with E-state index in [9.17, 15) is 0 Å². The average molecular weight is 415 g/mol. The summed E-state index contributed by atoms with van der Waals surface area (Å²) < 4.78 is 0. The number of rotatable bonds is 6. The van der Waals surface area contributed by atoms with Crippen molar-refractivity contribution in [3.63, 3.8) is 0 Å². The molecule has 29 heavy (non-hydrogen) atoms. The van der Waals surface area contributed by atoms with Gasteiger partial charge in [0.2, 0.25) is 0 Å².